The Morgan fingerprint density at radius 1 is 1.13 bits per heavy atom. The Bertz CT molecular complexity index is 1070. The first-order valence-corrected chi connectivity index (χ1v) is 10.2. The van der Waals surface area contributed by atoms with Gasteiger partial charge < -0.3 is 15.0 Å². The van der Waals surface area contributed by atoms with E-state index in [1.54, 1.807) is 12.0 Å². The summed E-state index contributed by atoms with van der Waals surface area (Å²) in [4.78, 5) is 41.9. The number of nitrogens with one attached hydrogen (secondary N) is 1. The van der Waals surface area contributed by atoms with Crippen LogP contribution in [0.15, 0.2) is 42.5 Å². The number of urea groups is 1. The van der Waals surface area contributed by atoms with Crippen LogP contribution in [0.1, 0.15) is 29.5 Å². The van der Waals surface area contributed by atoms with E-state index in [1.165, 1.54) is 0 Å². The van der Waals surface area contributed by atoms with Gasteiger partial charge in [-0.25, -0.2) is 4.79 Å². The van der Waals surface area contributed by atoms with E-state index >= 15 is 0 Å². The third kappa shape index (κ3) is 2.69. The Morgan fingerprint density at radius 2 is 1.97 bits per heavy atom. The van der Waals surface area contributed by atoms with E-state index < -0.39 is 11.6 Å². The lowest BCUT2D eigenvalue weighted by atomic mass is 9.92. The summed E-state index contributed by atoms with van der Waals surface area (Å²) in [5, 5.41) is 2.88. The largest absolute Gasteiger partial charge is 0.497 e. The summed E-state index contributed by atoms with van der Waals surface area (Å²) in [7, 11) is 1.61. The van der Waals surface area contributed by atoms with Crippen LogP contribution in [-0.4, -0.2) is 42.9 Å². The number of imide groups is 1. The molecule has 2 aliphatic heterocycles. The summed E-state index contributed by atoms with van der Waals surface area (Å²) < 4.78 is 5.28. The fourth-order valence-corrected chi connectivity index (χ4v) is 4.91. The van der Waals surface area contributed by atoms with E-state index in [0.29, 0.717) is 13.0 Å². The summed E-state index contributed by atoms with van der Waals surface area (Å²) in [5.41, 5.74) is 2.72. The number of ether oxygens (including phenoxy) is 1. The lowest BCUT2D eigenvalue weighted by Crippen LogP contribution is -2.46. The van der Waals surface area contributed by atoms with E-state index in [0.717, 1.165) is 52.3 Å². The second-order valence-corrected chi connectivity index (χ2v) is 8.03. The van der Waals surface area contributed by atoms with Crippen molar-refractivity contribution in [2.45, 2.75) is 31.2 Å². The van der Waals surface area contributed by atoms with Gasteiger partial charge >= 0.3 is 6.03 Å². The van der Waals surface area contributed by atoms with Gasteiger partial charge in [-0.1, -0.05) is 24.3 Å². The maximum absolute atomic E-state index is 13.3. The fourth-order valence-electron chi connectivity index (χ4n) is 4.91. The average Bonchev–Trinajstić information content (AvgIpc) is 3.26. The first kappa shape index (κ1) is 18.7. The fraction of sp³-hybridized carbons (Fsp3) is 0.348. The van der Waals surface area contributed by atoms with Crippen LogP contribution in [0.5, 0.6) is 5.75 Å². The Labute approximate surface area is 174 Å². The average molecular weight is 405 g/mol. The van der Waals surface area contributed by atoms with Gasteiger partial charge in [-0.2, -0.15) is 0 Å². The normalized spacial score (nSPS) is 22.2. The SMILES string of the molecule is COc1ccc2c(c1)CCCN2C(=O)CN1C(=O)NC2(CCc3ccccc32)C1=O. The number of anilines is 1. The third-order valence-electron chi connectivity index (χ3n) is 6.42. The topological polar surface area (TPSA) is 79.0 Å². The highest BCUT2D eigenvalue weighted by Crippen LogP contribution is 2.41. The molecule has 1 unspecified atom stereocenters. The molecular weight excluding hydrogens is 382 g/mol. The Morgan fingerprint density at radius 3 is 2.80 bits per heavy atom. The molecule has 3 aliphatic rings. The molecule has 1 saturated heterocycles. The van der Waals surface area contributed by atoms with Crippen molar-refractivity contribution in [2.24, 2.45) is 0 Å². The molecular formula is C23H23N3O4. The molecule has 154 valence electrons. The number of benzene rings is 2. The number of hydrogen-bond donors (Lipinski definition) is 1. The predicted octanol–water partition coefficient (Wildman–Crippen LogP) is 2.37. The molecule has 1 N–H and O–H groups in total. The van der Waals surface area contributed by atoms with E-state index in [1.807, 2.05) is 42.5 Å². The second kappa shape index (κ2) is 6.86. The number of nitrogens with zero attached hydrogens (tertiary/aromatic N) is 2. The molecule has 2 heterocycles. The van der Waals surface area contributed by atoms with Crippen molar-refractivity contribution in [1.82, 2.24) is 10.2 Å². The molecule has 1 spiro atoms. The number of aryl methyl sites for hydroxylation is 2. The summed E-state index contributed by atoms with van der Waals surface area (Å²) in [6, 6.07) is 12.8. The zero-order chi connectivity index (χ0) is 20.9. The summed E-state index contributed by atoms with van der Waals surface area (Å²) in [5.74, 6) is 0.157. The lowest BCUT2D eigenvalue weighted by Gasteiger charge is -2.31. The van der Waals surface area contributed by atoms with Crippen molar-refractivity contribution in [2.75, 3.05) is 25.1 Å². The van der Waals surface area contributed by atoms with Crippen LogP contribution in [0.25, 0.3) is 0 Å². The van der Waals surface area contributed by atoms with Gasteiger partial charge in [-0.05, 0) is 60.6 Å². The smallest absolute Gasteiger partial charge is 0.325 e. The zero-order valence-corrected chi connectivity index (χ0v) is 16.8. The number of hydrogen-bond acceptors (Lipinski definition) is 4. The monoisotopic (exact) mass is 405 g/mol. The summed E-state index contributed by atoms with van der Waals surface area (Å²) >= 11 is 0. The van der Waals surface area contributed by atoms with Crippen molar-refractivity contribution in [3.8, 4) is 5.75 Å². The van der Waals surface area contributed by atoms with Crippen molar-refractivity contribution < 1.29 is 19.1 Å². The van der Waals surface area contributed by atoms with E-state index in [9.17, 15) is 14.4 Å². The van der Waals surface area contributed by atoms with Gasteiger partial charge in [0.25, 0.3) is 5.91 Å². The molecule has 30 heavy (non-hydrogen) atoms. The van der Waals surface area contributed by atoms with Gasteiger partial charge in [0.05, 0.1) is 7.11 Å². The second-order valence-electron chi connectivity index (χ2n) is 8.03. The summed E-state index contributed by atoms with van der Waals surface area (Å²) in [6.45, 7) is 0.301. The molecule has 1 atom stereocenters. The molecule has 7 nitrogen and oxygen atoms in total. The number of methoxy groups -OCH3 is 1. The molecule has 1 aliphatic carbocycles. The van der Waals surface area contributed by atoms with Gasteiger partial charge in [0.15, 0.2) is 0 Å². The maximum Gasteiger partial charge on any atom is 0.325 e. The molecule has 4 amide bonds. The van der Waals surface area contributed by atoms with Crippen LogP contribution in [0.3, 0.4) is 0 Å². The molecule has 1 fully saturated rings. The quantitative estimate of drug-likeness (QED) is 0.796. The minimum Gasteiger partial charge on any atom is -0.497 e. The lowest BCUT2D eigenvalue weighted by molar-refractivity contribution is -0.134. The molecule has 0 radical (unpaired) electrons. The van der Waals surface area contributed by atoms with Crippen LogP contribution < -0.4 is 15.0 Å². The number of carbonyl (C=O) groups is 3. The summed E-state index contributed by atoms with van der Waals surface area (Å²) in [6.07, 6.45) is 2.93. The Balaban J connectivity index is 1.39. The van der Waals surface area contributed by atoms with Gasteiger partial charge in [0, 0.05) is 12.2 Å². The zero-order valence-electron chi connectivity index (χ0n) is 16.8. The van der Waals surface area contributed by atoms with Crippen LogP contribution in [0.2, 0.25) is 0 Å². The predicted molar refractivity (Wildman–Crippen MR) is 110 cm³/mol. The Kier molecular flexibility index (Phi) is 4.27. The van der Waals surface area contributed by atoms with Crippen LogP contribution in [-0.2, 0) is 28.0 Å². The number of fused-ring (bicyclic) bond motifs is 3. The molecule has 7 heteroatoms. The minimum atomic E-state index is -1.04. The third-order valence-corrected chi connectivity index (χ3v) is 6.42. The van der Waals surface area contributed by atoms with Crippen LogP contribution in [0, 0.1) is 0 Å². The van der Waals surface area contributed by atoms with E-state index in [2.05, 4.69) is 5.32 Å². The van der Waals surface area contributed by atoms with Crippen LogP contribution >= 0.6 is 0 Å². The standard InChI is InChI=1S/C23H23N3O4/c1-30-17-8-9-19-16(13-17)6-4-12-25(19)20(27)14-26-21(28)23(24-22(26)29)11-10-15-5-2-3-7-18(15)23/h2-3,5,7-9,13H,4,6,10-12,14H2,1H3,(H,24,29). The van der Waals surface area contributed by atoms with Crippen molar-refractivity contribution in [3.63, 3.8) is 0 Å². The minimum absolute atomic E-state index is 0.257. The van der Waals surface area contributed by atoms with Crippen LogP contribution in [0.4, 0.5) is 10.5 Å². The molecule has 2 aromatic carbocycles. The van der Waals surface area contributed by atoms with Crippen molar-refractivity contribution in [3.05, 3.63) is 59.2 Å². The Hall–Kier alpha value is -3.35. The number of rotatable bonds is 3. The van der Waals surface area contributed by atoms with Gasteiger partial charge in [0.2, 0.25) is 5.91 Å². The van der Waals surface area contributed by atoms with Gasteiger partial charge in [-0.15, -0.1) is 0 Å². The number of amides is 4. The molecule has 0 aromatic heterocycles. The first-order chi connectivity index (χ1) is 14.5. The van der Waals surface area contributed by atoms with Gasteiger partial charge in [0.1, 0.15) is 17.8 Å². The van der Waals surface area contributed by atoms with Gasteiger partial charge in [-0.3, -0.25) is 14.5 Å². The van der Waals surface area contributed by atoms with E-state index in [4.69, 9.17) is 4.74 Å². The highest BCUT2D eigenvalue weighted by molar-refractivity contribution is 6.11. The van der Waals surface area contributed by atoms with Crippen molar-refractivity contribution in [1.29, 1.82) is 0 Å². The van der Waals surface area contributed by atoms with Crippen molar-refractivity contribution >= 4 is 23.5 Å². The molecule has 5 rings (SSSR count). The highest BCUT2D eigenvalue weighted by Gasteiger charge is 2.55. The van der Waals surface area contributed by atoms with E-state index in [-0.39, 0.29) is 18.4 Å². The molecule has 0 bridgehead atoms. The first-order valence-electron chi connectivity index (χ1n) is 10.2. The molecule has 0 saturated carbocycles. The number of carbonyl (C=O) groups excluding carboxylic acids is 3. The highest BCUT2D eigenvalue weighted by atomic mass is 16.5. The maximum atomic E-state index is 13.3. The molecule has 2 aromatic rings.